The van der Waals surface area contributed by atoms with Gasteiger partial charge in [0.2, 0.25) is 0 Å². The van der Waals surface area contributed by atoms with E-state index in [4.69, 9.17) is 5.73 Å². The molecule has 1 aromatic rings. The second-order valence-electron chi connectivity index (χ2n) is 5.57. The van der Waals surface area contributed by atoms with E-state index in [1.807, 2.05) is 6.92 Å². The van der Waals surface area contributed by atoms with Gasteiger partial charge in [0.25, 0.3) is 0 Å². The smallest absolute Gasteiger partial charge is 0.0515 e. The van der Waals surface area contributed by atoms with Crippen LogP contribution in [0.5, 0.6) is 0 Å². The number of hydrogen-bond donors (Lipinski definition) is 1. The normalized spacial score (nSPS) is 20.6. The van der Waals surface area contributed by atoms with Crippen LogP contribution in [0, 0.1) is 0 Å². The van der Waals surface area contributed by atoms with Crippen molar-refractivity contribution in [1.29, 1.82) is 0 Å². The number of halogens is 1. The highest BCUT2D eigenvalue weighted by atomic mass is 79.9. The molecule has 3 heteroatoms. The predicted molar refractivity (Wildman–Crippen MR) is 77.4 cm³/mol. The van der Waals surface area contributed by atoms with Crippen LogP contribution in [0.1, 0.15) is 45.2 Å². The molecule has 1 aliphatic rings. The van der Waals surface area contributed by atoms with E-state index < -0.39 is 0 Å². The molecule has 94 valence electrons. The average molecular weight is 297 g/mol. The highest BCUT2D eigenvalue weighted by Gasteiger charge is 2.32. The van der Waals surface area contributed by atoms with E-state index in [2.05, 4.69) is 52.9 Å². The molecule has 1 atom stereocenters. The maximum atomic E-state index is 5.90. The van der Waals surface area contributed by atoms with E-state index in [9.17, 15) is 0 Å². The lowest BCUT2D eigenvalue weighted by Gasteiger charge is -2.34. The van der Waals surface area contributed by atoms with Crippen LogP contribution < -0.4 is 10.6 Å². The minimum absolute atomic E-state index is 0.0898. The van der Waals surface area contributed by atoms with Crippen LogP contribution in [-0.4, -0.2) is 12.1 Å². The number of benzene rings is 1. The number of nitrogens with two attached hydrogens (primary N) is 1. The fraction of sp³-hybridized carbons (Fsp3) is 0.571. The summed E-state index contributed by atoms with van der Waals surface area (Å²) in [6.07, 6.45) is 2.53. The van der Waals surface area contributed by atoms with Crippen molar-refractivity contribution >= 4 is 21.6 Å². The van der Waals surface area contributed by atoms with Crippen molar-refractivity contribution in [1.82, 2.24) is 0 Å². The molecule has 0 saturated carbocycles. The first-order chi connectivity index (χ1) is 7.92. The zero-order valence-corrected chi connectivity index (χ0v) is 12.4. The van der Waals surface area contributed by atoms with Gasteiger partial charge in [0.05, 0.1) is 5.69 Å². The van der Waals surface area contributed by atoms with E-state index in [-0.39, 0.29) is 11.6 Å². The molecule has 1 aromatic carbocycles. The summed E-state index contributed by atoms with van der Waals surface area (Å²) in [5, 5.41) is 0. The molecule has 2 nitrogen and oxygen atoms in total. The lowest BCUT2D eigenvalue weighted by Crippen LogP contribution is -2.38. The van der Waals surface area contributed by atoms with Gasteiger partial charge in [-0.3, -0.25) is 0 Å². The molecule has 0 aromatic heterocycles. The Morgan fingerprint density at radius 3 is 2.59 bits per heavy atom. The van der Waals surface area contributed by atoms with Gasteiger partial charge in [-0.2, -0.15) is 0 Å². The molecule has 0 radical (unpaired) electrons. The maximum Gasteiger partial charge on any atom is 0.0515 e. The van der Waals surface area contributed by atoms with Gasteiger partial charge >= 0.3 is 0 Å². The number of rotatable bonds is 2. The maximum absolute atomic E-state index is 5.90. The Balaban J connectivity index is 2.34. The fourth-order valence-electron chi connectivity index (χ4n) is 2.58. The summed E-state index contributed by atoms with van der Waals surface area (Å²) in [5.74, 6) is 0. The molecular weight excluding hydrogens is 276 g/mol. The zero-order valence-electron chi connectivity index (χ0n) is 10.8. The number of hydrogen-bond acceptors (Lipinski definition) is 2. The van der Waals surface area contributed by atoms with Gasteiger partial charge in [-0.15, -0.1) is 0 Å². The molecule has 0 bridgehead atoms. The number of nitrogens with zero attached hydrogens (tertiary/aromatic N) is 1. The Morgan fingerprint density at radius 1 is 1.41 bits per heavy atom. The van der Waals surface area contributed by atoms with Crippen LogP contribution in [0.25, 0.3) is 0 Å². The van der Waals surface area contributed by atoms with Gasteiger partial charge in [-0.1, -0.05) is 6.07 Å². The molecule has 1 heterocycles. The van der Waals surface area contributed by atoms with Gasteiger partial charge in [0.15, 0.2) is 0 Å². The van der Waals surface area contributed by atoms with Crippen LogP contribution in [0.2, 0.25) is 0 Å². The molecule has 0 spiro atoms. The first-order valence-corrected chi connectivity index (χ1v) is 7.04. The molecular formula is C14H21BrN2. The fourth-order valence-corrected chi connectivity index (χ4v) is 3.19. The Morgan fingerprint density at radius 2 is 2.12 bits per heavy atom. The standard InChI is InChI=1S/C14H21BrN2/c1-10(16)11-5-6-13(12(15)9-11)17-8-4-7-14(17,2)3/h5-6,9-10H,4,7-8,16H2,1-3H3/t10-/m0/s1. The first kappa shape index (κ1) is 12.9. The Labute approximate surface area is 112 Å². The lowest BCUT2D eigenvalue weighted by molar-refractivity contribution is 0.517. The van der Waals surface area contributed by atoms with Crippen molar-refractivity contribution in [2.75, 3.05) is 11.4 Å². The summed E-state index contributed by atoms with van der Waals surface area (Å²) in [4.78, 5) is 2.49. The summed E-state index contributed by atoms with van der Waals surface area (Å²) in [7, 11) is 0. The quantitative estimate of drug-likeness (QED) is 0.898. The highest BCUT2D eigenvalue weighted by Crippen LogP contribution is 2.38. The van der Waals surface area contributed by atoms with Crippen molar-refractivity contribution in [3.8, 4) is 0 Å². The monoisotopic (exact) mass is 296 g/mol. The zero-order chi connectivity index (χ0) is 12.6. The van der Waals surface area contributed by atoms with Crippen molar-refractivity contribution < 1.29 is 0 Å². The van der Waals surface area contributed by atoms with Crippen molar-refractivity contribution in [2.24, 2.45) is 5.73 Å². The van der Waals surface area contributed by atoms with Crippen molar-refractivity contribution in [2.45, 2.75) is 45.2 Å². The van der Waals surface area contributed by atoms with E-state index >= 15 is 0 Å². The molecule has 2 N–H and O–H groups in total. The van der Waals surface area contributed by atoms with Crippen LogP contribution in [-0.2, 0) is 0 Å². The molecule has 0 unspecified atom stereocenters. The van der Waals surface area contributed by atoms with E-state index in [1.165, 1.54) is 24.1 Å². The molecule has 17 heavy (non-hydrogen) atoms. The summed E-state index contributed by atoms with van der Waals surface area (Å²) >= 11 is 3.68. The van der Waals surface area contributed by atoms with Gasteiger partial charge in [-0.25, -0.2) is 0 Å². The molecule has 1 aliphatic heterocycles. The molecule has 0 amide bonds. The van der Waals surface area contributed by atoms with Gasteiger partial charge < -0.3 is 10.6 Å². The van der Waals surface area contributed by atoms with Crippen molar-refractivity contribution in [3.05, 3.63) is 28.2 Å². The van der Waals surface area contributed by atoms with Crippen molar-refractivity contribution in [3.63, 3.8) is 0 Å². The minimum atomic E-state index is 0.0898. The topological polar surface area (TPSA) is 29.3 Å². The van der Waals surface area contributed by atoms with Crippen LogP contribution in [0.3, 0.4) is 0 Å². The third-order valence-corrected chi connectivity index (χ3v) is 4.32. The van der Waals surface area contributed by atoms with Gasteiger partial charge in [-0.05, 0) is 67.2 Å². The third-order valence-electron chi connectivity index (χ3n) is 3.69. The Hall–Kier alpha value is -0.540. The summed E-state index contributed by atoms with van der Waals surface area (Å²) in [6, 6.07) is 6.57. The largest absolute Gasteiger partial charge is 0.366 e. The minimum Gasteiger partial charge on any atom is -0.366 e. The summed E-state index contributed by atoms with van der Waals surface area (Å²) < 4.78 is 1.15. The summed E-state index contributed by atoms with van der Waals surface area (Å²) in [5.41, 5.74) is 8.63. The van der Waals surface area contributed by atoms with Gasteiger partial charge in [0.1, 0.15) is 0 Å². The molecule has 1 fully saturated rings. The second kappa shape index (κ2) is 4.62. The highest BCUT2D eigenvalue weighted by molar-refractivity contribution is 9.10. The predicted octanol–water partition coefficient (Wildman–Crippen LogP) is 3.85. The SMILES string of the molecule is C[C@H](N)c1ccc(N2CCCC2(C)C)c(Br)c1. The van der Waals surface area contributed by atoms with E-state index in [0.717, 1.165) is 11.0 Å². The Bertz CT molecular complexity index is 413. The van der Waals surface area contributed by atoms with E-state index in [0.29, 0.717) is 0 Å². The van der Waals surface area contributed by atoms with Crippen LogP contribution in [0.4, 0.5) is 5.69 Å². The van der Waals surface area contributed by atoms with Gasteiger partial charge in [0, 0.05) is 22.6 Å². The van der Waals surface area contributed by atoms with Crippen LogP contribution in [0.15, 0.2) is 22.7 Å². The average Bonchev–Trinajstić information content (AvgIpc) is 2.58. The second-order valence-corrected chi connectivity index (χ2v) is 6.42. The first-order valence-electron chi connectivity index (χ1n) is 6.24. The molecule has 2 rings (SSSR count). The molecule has 1 saturated heterocycles. The summed E-state index contributed by atoms with van der Waals surface area (Å²) in [6.45, 7) is 7.78. The third kappa shape index (κ3) is 2.50. The van der Waals surface area contributed by atoms with E-state index in [1.54, 1.807) is 0 Å². The molecule has 0 aliphatic carbocycles. The number of anilines is 1. The van der Waals surface area contributed by atoms with Crippen LogP contribution >= 0.6 is 15.9 Å². The Kier molecular flexibility index (Phi) is 3.50. The lowest BCUT2D eigenvalue weighted by atomic mass is 10.0.